The van der Waals surface area contributed by atoms with E-state index < -0.39 is 0 Å². The van der Waals surface area contributed by atoms with E-state index in [1.54, 1.807) is 6.26 Å². The minimum absolute atomic E-state index is 0.138. The maximum Gasteiger partial charge on any atom is 0.0998 e. The smallest absolute Gasteiger partial charge is 0.0998 e. The van der Waals surface area contributed by atoms with Crippen LogP contribution in [0.5, 0.6) is 0 Å². The van der Waals surface area contributed by atoms with E-state index in [4.69, 9.17) is 4.74 Å². The lowest BCUT2D eigenvalue weighted by molar-refractivity contribution is 0.0783. The molecule has 0 amide bonds. The van der Waals surface area contributed by atoms with Crippen molar-refractivity contribution in [3.05, 3.63) is 35.8 Å². The molecule has 0 atom stereocenters. The van der Waals surface area contributed by atoms with Gasteiger partial charge in [-0.2, -0.15) is 0 Å². The van der Waals surface area contributed by atoms with Gasteiger partial charge in [-0.15, -0.1) is 0 Å². The molecule has 0 spiro atoms. The minimum Gasteiger partial charge on any atom is -0.496 e. The number of nitrogens with zero attached hydrogens (tertiary/aromatic N) is 1. The molecule has 0 unspecified atom stereocenters. The maximum atomic E-state index is 5.44. The average Bonchev–Trinajstić information content (AvgIpc) is 2.06. The van der Waals surface area contributed by atoms with Crippen LogP contribution in [-0.4, -0.2) is 10.6 Å². The third-order valence-corrected chi connectivity index (χ3v) is 1.59. The van der Waals surface area contributed by atoms with Gasteiger partial charge in [0.2, 0.25) is 0 Å². The molecular formula is C12H17NO. The van der Waals surface area contributed by atoms with E-state index in [9.17, 15) is 0 Å². The van der Waals surface area contributed by atoms with Crippen LogP contribution in [0.25, 0.3) is 6.08 Å². The van der Waals surface area contributed by atoms with Crippen LogP contribution in [0.2, 0.25) is 0 Å². The Labute approximate surface area is 85.6 Å². The Morgan fingerprint density at radius 3 is 2.50 bits per heavy atom. The van der Waals surface area contributed by atoms with Crippen molar-refractivity contribution in [1.82, 2.24) is 4.98 Å². The molecule has 0 saturated heterocycles. The fourth-order valence-electron chi connectivity index (χ4n) is 0.886. The van der Waals surface area contributed by atoms with Crippen LogP contribution in [0.3, 0.4) is 0 Å². The molecule has 76 valence electrons. The molecule has 14 heavy (non-hydrogen) atoms. The number of hydrogen-bond acceptors (Lipinski definition) is 2. The van der Waals surface area contributed by atoms with E-state index in [0.29, 0.717) is 0 Å². The zero-order valence-electron chi connectivity index (χ0n) is 9.24. The van der Waals surface area contributed by atoms with Crippen LogP contribution in [0, 0.1) is 6.92 Å². The van der Waals surface area contributed by atoms with Crippen LogP contribution >= 0.6 is 0 Å². The number of ether oxygens (including phenoxy) is 1. The number of pyridine rings is 1. The highest BCUT2D eigenvalue weighted by molar-refractivity contribution is 5.43. The molecule has 0 aromatic carbocycles. The fraction of sp³-hybridized carbons (Fsp3) is 0.417. The van der Waals surface area contributed by atoms with Crippen LogP contribution in [0.15, 0.2) is 24.6 Å². The van der Waals surface area contributed by atoms with Gasteiger partial charge >= 0.3 is 0 Å². The van der Waals surface area contributed by atoms with Crippen LogP contribution in [0.1, 0.15) is 32.0 Å². The van der Waals surface area contributed by atoms with Crippen LogP contribution in [-0.2, 0) is 4.74 Å². The van der Waals surface area contributed by atoms with Crippen molar-refractivity contribution >= 4 is 6.08 Å². The lowest BCUT2D eigenvalue weighted by Gasteiger charge is -2.17. The Bertz CT molecular complexity index is 306. The summed E-state index contributed by atoms with van der Waals surface area (Å²) < 4.78 is 5.44. The van der Waals surface area contributed by atoms with E-state index >= 15 is 0 Å². The van der Waals surface area contributed by atoms with E-state index in [-0.39, 0.29) is 5.60 Å². The summed E-state index contributed by atoms with van der Waals surface area (Å²) in [6.07, 6.45) is 5.40. The second kappa shape index (κ2) is 4.27. The Morgan fingerprint density at radius 1 is 1.29 bits per heavy atom. The monoisotopic (exact) mass is 191 g/mol. The molecule has 1 heterocycles. The quantitative estimate of drug-likeness (QED) is 0.670. The van der Waals surface area contributed by atoms with E-state index in [0.717, 1.165) is 5.69 Å². The summed E-state index contributed by atoms with van der Waals surface area (Å²) in [6.45, 7) is 8.06. The van der Waals surface area contributed by atoms with Crippen molar-refractivity contribution < 1.29 is 4.74 Å². The lowest BCUT2D eigenvalue weighted by atomic mass is 10.2. The molecule has 0 N–H and O–H groups in total. The van der Waals surface area contributed by atoms with E-state index in [1.165, 1.54) is 5.56 Å². The van der Waals surface area contributed by atoms with Gasteiger partial charge in [0.05, 0.1) is 17.6 Å². The largest absolute Gasteiger partial charge is 0.496 e. The summed E-state index contributed by atoms with van der Waals surface area (Å²) in [4.78, 5) is 4.23. The summed E-state index contributed by atoms with van der Waals surface area (Å²) in [5.41, 5.74) is 1.94. The predicted molar refractivity (Wildman–Crippen MR) is 58.8 cm³/mol. The van der Waals surface area contributed by atoms with Gasteiger partial charge in [-0.3, -0.25) is 4.98 Å². The highest BCUT2D eigenvalue weighted by Crippen LogP contribution is 2.08. The van der Waals surface area contributed by atoms with Crippen molar-refractivity contribution in [2.24, 2.45) is 0 Å². The normalized spacial score (nSPS) is 12.0. The standard InChI is InChI=1S/C12H17NO/c1-10-5-6-11(13-9-10)7-8-14-12(2,3)4/h5-9H,1-4H3/b8-7-. The number of aromatic nitrogens is 1. The Hall–Kier alpha value is -1.31. The molecule has 0 aliphatic carbocycles. The molecule has 1 aromatic rings. The maximum absolute atomic E-state index is 5.44. The molecular weight excluding hydrogens is 174 g/mol. The Balaban J connectivity index is 2.57. The highest BCUT2D eigenvalue weighted by Gasteiger charge is 2.06. The van der Waals surface area contributed by atoms with Crippen molar-refractivity contribution in [2.45, 2.75) is 33.3 Å². The molecule has 1 rings (SSSR count). The van der Waals surface area contributed by atoms with Gasteiger partial charge in [-0.25, -0.2) is 0 Å². The number of rotatable bonds is 2. The first-order chi connectivity index (χ1) is 6.47. The fourth-order valence-corrected chi connectivity index (χ4v) is 0.886. The highest BCUT2D eigenvalue weighted by atomic mass is 16.5. The molecule has 0 aliphatic heterocycles. The molecule has 0 aliphatic rings. The van der Waals surface area contributed by atoms with E-state index in [2.05, 4.69) is 4.98 Å². The van der Waals surface area contributed by atoms with Gasteiger partial charge in [-0.05, 0) is 45.4 Å². The Morgan fingerprint density at radius 2 is 2.00 bits per heavy atom. The zero-order chi connectivity index (χ0) is 10.6. The topological polar surface area (TPSA) is 22.1 Å². The summed E-state index contributed by atoms with van der Waals surface area (Å²) >= 11 is 0. The summed E-state index contributed by atoms with van der Waals surface area (Å²) in [7, 11) is 0. The van der Waals surface area contributed by atoms with Crippen LogP contribution in [0.4, 0.5) is 0 Å². The van der Waals surface area contributed by atoms with Gasteiger partial charge in [0, 0.05) is 6.20 Å². The number of hydrogen-bond donors (Lipinski definition) is 0. The average molecular weight is 191 g/mol. The first kappa shape index (κ1) is 10.8. The van der Waals surface area contributed by atoms with Gasteiger partial charge in [-0.1, -0.05) is 6.07 Å². The van der Waals surface area contributed by atoms with Crippen molar-refractivity contribution in [3.8, 4) is 0 Å². The molecule has 2 nitrogen and oxygen atoms in total. The van der Waals surface area contributed by atoms with Crippen molar-refractivity contribution in [1.29, 1.82) is 0 Å². The van der Waals surface area contributed by atoms with Crippen LogP contribution < -0.4 is 0 Å². The summed E-state index contributed by atoms with van der Waals surface area (Å²) in [5.74, 6) is 0. The van der Waals surface area contributed by atoms with Crippen molar-refractivity contribution in [2.75, 3.05) is 0 Å². The molecule has 0 radical (unpaired) electrons. The summed E-state index contributed by atoms with van der Waals surface area (Å²) in [5, 5.41) is 0. The first-order valence-electron chi connectivity index (χ1n) is 4.74. The Kier molecular flexibility index (Phi) is 3.28. The summed E-state index contributed by atoms with van der Waals surface area (Å²) in [6, 6.07) is 4.00. The predicted octanol–water partition coefficient (Wildman–Crippen LogP) is 3.18. The van der Waals surface area contributed by atoms with Crippen molar-refractivity contribution in [3.63, 3.8) is 0 Å². The van der Waals surface area contributed by atoms with Gasteiger partial charge in [0.15, 0.2) is 0 Å². The molecule has 1 aromatic heterocycles. The third-order valence-electron chi connectivity index (χ3n) is 1.59. The second-order valence-electron chi connectivity index (χ2n) is 4.29. The number of aryl methyl sites for hydroxylation is 1. The molecule has 2 heteroatoms. The first-order valence-corrected chi connectivity index (χ1v) is 4.74. The molecule has 0 bridgehead atoms. The SMILES string of the molecule is Cc1ccc(/C=C\OC(C)(C)C)nc1. The minimum atomic E-state index is -0.138. The zero-order valence-corrected chi connectivity index (χ0v) is 9.24. The molecule has 0 fully saturated rings. The third kappa shape index (κ3) is 4.08. The second-order valence-corrected chi connectivity index (χ2v) is 4.29. The van der Waals surface area contributed by atoms with E-state index in [1.807, 2.05) is 52.1 Å². The lowest BCUT2D eigenvalue weighted by Crippen LogP contribution is -2.15. The molecule has 0 saturated carbocycles. The van der Waals surface area contributed by atoms with Gasteiger partial charge in [0.25, 0.3) is 0 Å². The van der Waals surface area contributed by atoms with Gasteiger partial charge < -0.3 is 4.74 Å². The van der Waals surface area contributed by atoms with Gasteiger partial charge in [0.1, 0.15) is 0 Å².